The lowest BCUT2D eigenvalue weighted by Gasteiger charge is -2.13. The van der Waals surface area contributed by atoms with Crippen LogP contribution in [0.25, 0.3) is 0 Å². The Bertz CT molecular complexity index is 649. The SMILES string of the molecule is CCNc1ncc(C(=O)NC[C@@H](O)COc2ccc(Cl)cc2)cn1. The molecule has 0 fully saturated rings. The van der Waals surface area contributed by atoms with E-state index in [0.717, 1.165) is 0 Å². The number of hydrogen-bond donors (Lipinski definition) is 3. The summed E-state index contributed by atoms with van der Waals surface area (Å²) < 4.78 is 5.41. The lowest BCUT2D eigenvalue weighted by molar-refractivity contribution is 0.0843. The van der Waals surface area contributed by atoms with E-state index in [1.165, 1.54) is 12.4 Å². The van der Waals surface area contributed by atoms with Crippen molar-refractivity contribution in [1.82, 2.24) is 15.3 Å². The third-order valence-electron chi connectivity index (χ3n) is 3.00. The number of benzene rings is 1. The van der Waals surface area contributed by atoms with E-state index in [1.54, 1.807) is 24.3 Å². The van der Waals surface area contributed by atoms with Crippen LogP contribution in [0, 0.1) is 0 Å². The Morgan fingerprint density at radius 2 is 1.96 bits per heavy atom. The van der Waals surface area contributed by atoms with Gasteiger partial charge < -0.3 is 20.5 Å². The summed E-state index contributed by atoms with van der Waals surface area (Å²) in [7, 11) is 0. The molecule has 128 valence electrons. The number of carbonyl (C=O) groups is 1. The van der Waals surface area contributed by atoms with Crippen molar-refractivity contribution in [3.8, 4) is 5.75 Å². The van der Waals surface area contributed by atoms with Gasteiger partial charge in [0.15, 0.2) is 0 Å². The van der Waals surface area contributed by atoms with Crippen LogP contribution in [-0.2, 0) is 0 Å². The molecule has 8 heteroatoms. The van der Waals surface area contributed by atoms with Gasteiger partial charge in [-0.3, -0.25) is 4.79 Å². The van der Waals surface area contributed by atoms with Crippen molar-refractivity contribution in [2.75, 3.05) is 25.0 Å². The Labute approximate surface area is 145 Å². The van der Waals surface area contributed by atoms with Gasteiger partial charge in [-0.2, -0.15) is 0 Å². The molecule has 0 bridgehead atoms. The van der Waals surface area contributed by atoms with E-state index in [0.29, 0.717) is 28.8 Å². The second kappa shape index (κ2) is 9.05. The number of halogens is 1. The molecule has 2 rings (SSSR count). The molecule has 1 aromatic carbocycles. The first-order valence-corrected chi connectivity index (χ1v) is 7.87. The molecule has 3 N–H and O–H groups in total. The molecule has 2 aromatic rings. The molecule has 1 amide bonds. The first-order valence-electron chi connectivity index (χ1n) is 7.49. The van der Waals surface area contributed by atoms with E-state index in [4.69, 9.17) is 16.3 Å². The van der Waals surface area contributed by atoms with E-state index in [1.807, 2.05) is 6.92 Å². The van der Waals surface area contributed by atoms with Gasteiger partial charge in [-0.15, -0.1) is 0 Å². The fourth-order valence-corrected chi connectivity index (χ4v) is 1.92. The first kappa shape index (κ1) is 18.0. The maximum Gasteiger partial charge on any atom is 0.254 e. The van der Waals surface area contributed by atoms with Crippen LogP contribution in [0.2, 0.25) is 5.02 Å². The zero-order valence-corrected chi connectivity index (χ0v) is 14.0. The monoisotopic (exact) mass is 350 g/mol. The standard InChI is InChI=1S/C16H19ClN4O3/c1-2-18-16-20-7-11(8-21-16)15(23)19-9-13(22)10-24-14-5-3-12(17)4-6-14/h3-8,13,22H,2,9-10H2,1H3,(H,19,23)(H,18,20,21)/t13-/m1/s1. The summed E-state index contributed by atoms with van der Waals surface area (Å²) in [5.41, 5.74) is 0.322. The molecule has 0 saturated carbocycles. The molecular weight excluding hydrogens is 332 g/mol. The zero-order valence-electron chi connectivity index (χ0n) is 13.2. The van der Waals surface area contributed by atoms with Crippen molar-refractivity contribution in [3.63, 3.8) is 0 Å². The Morgan fingerprint density at radius 1 is 1.29 bits per heavy atom. The number of anilines is 1. The van der Waals surface area contributed by atoms with Crippen LogP contribution in [0.4, 0.5) is 5.95 Å². The van der Waals surface area contributed by atoms with Crippen molar-refractivity contribution in [2.24, 2.45) is 0 Å². The zero-order chi connectivity index (χ0) is 17.4. The number of amides is 1. The molecule has 0 saturated heterocycles. The van der Waals surface area contributed by atoms with Crippen molar-refractivity contribution >= 4 is 23.5 Å². The van der Waals surface area contributed by atoms with Crippen LogP contribution in [-0.4, -0.2) is 46.8 Å². The van der Waals surface area contributed by atoms with Gasteiger partial charge in [0.05, 0.1) is 5.56 Å². The lowest BCUT2D eigenvalue weighted by atomic mass is 10.3. The minimum absolute atomic E-state index is 0.0533. The number of aliphatic hydroxyl groups excluding tert-OH is 1. The van der Waals surface area contributed by atoms with Crippen molar-refractivity contribution in [1.29, 1.82) is 0 Å². The van der Waals surface area contributed by atoms with E-state index < -0.39 is 6.10 Å². The summed E-state index contributed by atoms with van der Waals surface area (Å²) in [6.07, 6.45) is 2.01. The molecule has 0 unspecified atom stereocenters. The highest BCUT2D eigenvalue weighted by Gasteiger charge is 2.11. The number of rotatable bonds is 8. The Kier molecular flexibility index (Phi) is 6.77. The molecule has 1 heterocycles. The van der Waals surface area contributed by atoms with E-state index >= 15 is 0 Å². The van der Waals surface area contributed by atoms with Gasteiger partial charge >= 0.3 is 0 Å². The van der Waals surface area contributed by atoms with Crippen LogP contribution < -0.4 is 15.4 Å². The second-order valence-electron chi connectivity index (χ2n) is 4.95. The first-order chi connectivity index (χ1) is 11.6. The van der Waals surface area contributed by atoms with Crippen LogP contribution >= 0.6 is 11.6 Å². The molecule has 24 heavy (non-hydrogen) atoms. The van der Waals surface area contributed by atoms with Gasteiger partial charge in [-0.05, 0) is 31.2 Å². The Balaban J connectivity index is 1.75. The van der Waals surface area contributed by atoms with Gasteiger partial charge in [0, 0.05) is 30.5 Å². The average molecular weight is 351 g/mol. The molecule has 0 spiro atoms. The number of aliphatic hydroxyl groups is 1. The third kappa shape index (κ3) is 5.68. The van der Waals surface area contributed by atoms with Crippen LogP contribution in [0.15, 0.2) is 36.7 Å². The summed E-state index contributed by atoms with van der Waals surface area (Å²) in [6.45, 7) is 2.74. The van der Waals surface area contributed by atoms with Crippen LogP contribution in [0.5, 0.6) is 5.75 Å². The number of ether oxygens (including phenoxy) is 1. The molecular formula is C16H19ClN4O3. The molecule has 0 aliphatic carbocycles. The van der Waals surface area contributed by atoms with E-state index in [9.17, 15) is 9.90 Å². The summed E-state index contributed by atoms with van der Waals surface area (Å²) in [4.78, 5) is 20.0. The van der Waals surface area contributed by atoms with Crippen molar-refractivity contribution < 1.29 is 14.6 Å². The minimum atomic E-state index is -0.841. The molecule has 1 aromatic heterocycles. The minimum Gasteiger partial charge on any atom is -0.491 e. The maximum atomic E-state index is 12.0. The number of aromatic nitrogens is 2. The average Bonchev–Trinajstić information content (AvgIpc) is 2.60. The van der Waals surface area contributed by atoms with Crippen LogP contribution in [0.3, 0.4) is 0 Å². The lowest BCUT2D eigenvalue weighted by Crippen LogP contribution is -2.35. The maximum absolute atomic E-state index is 12.0. The number of hydrogen-bond acceptors (Lipinski definition) is 6. The quantitative estimate of drug-likeness (QED) is 0.671. The molecule has 0 aliphatic rings. The van der Waals surface area contributed by atoms with E-state index in [2.05, 4.69) is 20.6 Å². The van der Waals surface area contributed by atoms with Gasteiger partial charge in [0.1, 0.15) is 18.5 Å². The third-order valence-corrected chi connectivity index (χ3v) is 3.26. The van der Waals surface area contributed by atoms with Crippen molar-refractivity contribution in [3.05, 3.63) is 47.2 Å². The summed E-state index contributed by atoms with van der Waals surface area (Å²) in [5, 5.41) is 16.0. The summed E-state index contributed by atoms with van der Waals surface area (Å²) >= 11 is 5.78. The fraction of sp³-hybridized carbons (Fsp3) is 0.312. The smallest absolute Gasteiger partial charge is 0.254 e. The van der Waals surface area contributed by atoms with Gasteiger partial charge in [0.2, 0.25) is 5.95 Å². The predicted octanol–water partition coefficient (Wildman–Crippen LogP) is 1.73. The predicted molar refractivity (Wildman–Crippen MR) is 91.5 cm³/mol. The van der Waals surface area contributed by atoms with E-state index in [-0.39, 0.29) is 19.1 Å². The van der Waals surface area contributed by atoms with Gasteiger partial charge in [-0.1, -0.05) is 11.6 Å². The number of nitrogens with one attached hydrogen (secondary N) is 2. The van der Waals surface area contributed by atoms with Crippen molar-refractivity contribution in [2.45, 2.75) is 13.0 Å². The fourth-order valence-electron chi connectivity index (χ4n) is 1.79. The highest BCUT2D eigenvalue weighted by Crippen LogP contribution is 2.15. The molecule has 7 nitrogen and oxygen atoms in total. The Hall–Kier alpha value is -2.38. The summed E-state index contributed by atoms with van der Waals surface area (Å²) in [5.74, 6) is 0.700. The largest absolute Gasteiger partial charge is 0.491 e. The molecule has 0 radical (unpaired) electrons. The Morgan fingerprint density at radius 3 is 2.58 bits per heavy atom. The topological polar surface area (TPSA) is 96.4 Å². The second-order valence-corrected chi connectivity index (χ2v) is 5.39. The number of nitrogens with zero attached hydrogens (tertiary/aromatic N) is 2. The highest BCUT2D eigenvalue weighted by atomic mass is 35.5. The molecule has 1 atom stereocenters. The van der Waals surface area contributed by atoms with Crippen LogP contribution in [0.1, 0.15) is 17.3 Å². The van der Waals surface area contributed by atoms with Gasteiger partial charge in [-0.25, -0.2) is 9.97 Å². The highest BCUT2D eigenvalue weighted by molar-refractivity contribution is 6.30. The molecule has 0 aliphatic heterocycles. The van der Waals surface area contributed by atoms with Gasteiger partial charge in [0.25, 0.3) is 5.91 Å². The normalized spacial score (nSPS) is 11.6. The summed E-state index contributed by atoms with van der Waals surface area (Å²) in [6, 6.07) is 6.80. The number of carbonyl (C=O) groups excluding carboxylic acids is 1.